The Morgan fingerprint density at radius 2 is 1.60 bits per heavy atom. The largest absolute Gasteiger partial charge is 0.461 e. The molecule has 25 heavy (non-hydrogen) atoms. The molecule has 0 N–H and O–H groups in total. The molecule has 5 nitrogen and oxygen atoms in total. The fraction of sp³-hybridized carbons (Fsp3) is 0.150. The summed E-state index contributed by atoms with van der Waals surface area (Å²) in [5.41, 5.74) is 2.81. The molecule has 2 amide bonds. The lowest BCUT2D eigenvalue weighted by molar-refractivity contribution is -0.137. The van der Waals surface area contributed by atoms with Crippen LogP contribution in [0.1, 0.15) is 31.8 Å². The first-order valence-corrected chi connectivity index (χ1v) is 7.93. The summed E-state index contributed by atoms with van der Waals surface area (Å²) >= 11 is 0. The summed E-state index contributed by atoms with van der Waals surface area (Å²) in [6.45, 7) is 1.99. The van der Waals surface area contributed by atoms with E-state index < -0.39 is 5.97 Å². The number of hydrogen-bond donors (Lipinski definition) is 0. The minimum atomic E-state index is -0.516. The Morgan fingerprint density at radius 3 is 2.20 bits per heavy atom. The van der Waals surface area contributed by atoms with Crippen molar-refractivity contribution in [2.45, 2.75) is 6.92 Å². The Labute approximate surface area is 145 Å². The van der Waals surface area contributed by atoms with Crippen LogP contribution in [-0.4, -0.2) is 35.8 Å². The number of esters is 1. The number of carbonyl (C=O) groups is 3. The van der Waals surface area contributed by atoms with Gasteiger partial charge in [0.25, 0.3) is 11.8 Å². The summed E-state index contributed by atoms with van der Waals surface area (Å²) in [5, 5.41) is 0. The van der Waals surface area contributed by atoms with Gasteiger partial charge in [0.2, 0.25) is 0 Å². The summed E-state index contributed by atoms with van der Waals surface area (Å²) in [7, 11) is 0. The van der Waals surface area contributed by atoms with Gasteiger partial charge in [-0.15, -0.1) is 0 Å². The van der Waals surface area contributed by atoms with Crippen LogP contribution in [0.4, 0.5) is 0 Å². The van der Waals surface area contributed by atoms with Crippen molar-refractivity contribution >= 4 is 23.9 Å². The third kappa shape index (κ3) is 3.66. The van der Waals surface area contributed by atoms with Crippen LogP contribution in [0.3, 0.4) is 0 Å². The van der Waals surface area contributed by atoms with Gasteiger partial charge >= 0.3 is 5.97 Å². The number of nitrogens with zero attached hydrogens (tertiary/aromatic N) is 1. The quantitative estimate of drug-likeness (QED) is 0.479. The molecule has 2 aromatic carbocycles. The lowest BCUT2D eigenvalue weighted by Gasteiger charge is -2.13. The molecule has 126 valence electrons. The summed E-state index contributed by atoms with van der Waals surface area (Å²) in [5.74, 6) is -1.23. The second-order valence-electron chi connectivity index (χ2n) is 5.72. The zero-order valence-corrected chi connectivity index (χ0v) is 13.8. The van der Waals surface area contributed by atoms with Gasteiger partial charge in [0.1, 0.15) is 6.61 Å². The number of hydrogen-bond acceptors (Lipinski definition) is 4. The van der Waals surface area contributed by atoms with Gasteiger partial charge in [-0.3, -0.25) is 14.5 Å². The van der Waals surface area contributed by atoms with Gasteiger partial charge in [-0.1, -0.05) is 42.0 Å². The molecule has 1 aliphatic rings. The molecule has 1 heterocycles. The molecule has 0 saturated carbocycles. The van der Waals surface area contributed by atoms with Crippen LogP contribution >= 0.6 is 0 Å². The number of fused-ring (bicyclic) bond motifs is 1. The maximum absolute atomic E-state index is 12.2. The lowest BCUT2D eigenvalue weighted by Crippen LogP contribution is -2.33. The Kier molecular flexibility index (Phi) is 4.75. The predicted octanol–water partition coefficient (Wildman–Crippen LogP) is 2.85. The molecule has 0 bridgehead atoms. The number of benzene rings is 2. The highest BCUT2D eigenvalue weighted by molar-refractivity contribution is 6.21. The molecule has 0 radical (unpaired) electrons. The smallest absolute Gasteiger partial charge is 0.330 e. The van der Waals surface area contributed by atoms with Crippen LogP contribution in [0.25, 0.3) is 6.08 Å². The number of rotatable bonds is 5. The van der Waals surface area contributed by atoms with E-state index in [0.717, 1.165) is 16.0 Å². The minimum absolute atomic E-state index is 0.0382. The third-order valence-electron chi connectivity index (χ3n) is 3.93. The van der Waals surface area contributed by atoms with E-state index in [2.05, 4.69) is 0 Å². The van der Waals surface area contributed by atoms with Crippen LogP contribution in [-0.2, 0) is 9.53 Å². The number of imide groups is 1. The second-order valence-corrected chi connectivity index (χ2v) is 5.72. The third-order valence-corrected chi connectivity index (χ3v) is 3.93. The van der Waals surface area contributed by atoms with Gasteiger partial charge in [0.15, 0.2) is 0 Å². The first-order chi connectivity index (χ1) is 12.1. The standard InChI is InChI=1S/C20H17NO4/c1-14-6-8-15(9-7-14)10-11-18(22)25-13-12-21-19(23)16-4-2-3-5-17(16)20(21)24/h2-11H,12-13H2,1H3/b11-10+. The Morgan fingerprint density at radius 1 is 1.00 bits per heavy atom. The van der Waals surface area contributed by atoms with Crippen LogP contribution < -0.4 is 0 Å². The van der Waals surface area contributed by atoms with E-state index >= 15 is 0 Å². The summed E-state index contributed by atoms with van der Waals surface area (Å²) in [4.78, 5) is 37.2. The number of amides is 2. The molecule has 1 aliphatic heterocycles. The van der Waals surface area contributed by atoms with E-state index in [9.17, 15) is 14.4 Å². The van der Waals surface area contributed by atoms with Gasteiger partial charge < -0.3 is 4.74 Å². The molecule has 2 aromatic rings. The summed E-state index contributed by atoms with van der Waals surface area (Å²) in [6, 6.07) is 14.4. The van der Waals surface area contributed by atoms with Crippen molar-refractivity contribution in [3.63, 3.8) is 0 Å². The minimum Gasteiger partial charge on any atom is -0.461 e. The van der Waals surface area contributed by atoms with E-state index in [4.69, 9.17) is 4.74 Å². The zero-order chi connectivity index (χ0) is 17.8. The molecular weight excluding hydrogens is 318 g/mol. The van der Waals surface area contributed by atoms with Gasteiger partial charge in [0, 0.05) is 6.08 Å². The average Bonchev–Trinajstić information content (AvgIpc) is 2.86. The van der Waals surface area contributed by atoms with E-state index in [1.807, 2.05) is 31.2 Å². The van der Waals surface area contributed by atoms with Crippen LogP contribution in [0, 0.1) is 6.92 Å². The van der Waals surface area contributed by atoms with E-state index in [1.54, 1.807) is 30.3 Å². The molecule has 0 aromatic heterocycles. The highest BCUT2D eigenvalue weighted by Gasteiger charge is 2.34. The van der Waals surface area contributed by atoms with Crippen molar-refractivity contribution in [2.24, 2.45) is 0 Å². The predicted molar refractivity (Wildman–Crippen MR) is 93.0 cm³/mol. The number of carbonyl (C=O) groups excluding carboxylic acids is 3. The molecular formula is C20H17NO4. The van der Waals surface area contributed by atoms with E-state index in [1.165, 1.54) is 6.08 Å². The van der Waals surface area contributed by atoms with Gasteiger partial charge in [-0.05, 0) is 30.7 Å². The van der Waals surface area contributed by atoms with Crippen molar-refractivity contribution in [2.75, 3.05) is 13.2 Å². The van der Waals surface area contributed by atoms with Crippen LogP contribution in [0.5, 0.6) is 0 Å². The topological polar surface area (TPSA) is 63.7 Å². The molecule has 0 aliphatic carbocycles. The molecule has 5 heteroatoms. The number of ether oxygens (including phenoxy) is 1. The Bertz CT molecular complexity index is 817. The SMILES string of the molecule is Cc1ccc(/C=C/C(=O)OCCN2C(=O)c3ccccc3C2=O)cc1. The first kappa shape index (κ1) is 16.6. The van der Waals surface area contributed by atoms with Gasteiger partial charge in [-0.2, -0.15) is 0 Å². The number of aryl methyl sites for hydroxylation is 1. The van der Waals surface area contributed by atoms with Crippen molar-refractivity contribution in [1.29, 1.82) is 0 Å². The van der Waals surface area contributed by atoms with Crippen LogP contribution in [0.15, 0.2) is 54.6 Å². The fourth-order valence-electron chi connectivity index (χ4n) is 2.57. The highest BCUT2D eigenvalue weighted by Crippen LogP contribution is 2.21. The second kappa shape index (κ2) is 7.13. The Balaban J connectivity index is 1.52. The molecule has 0 spiro atoms. The summed E-state index contributed by atoms with van der Waals surface area (Å²) < 4.78 is 5.07. The normalized spacial score (nSPS) is 13.4. The van der Waals surface area contributed by atoms with Crippen LogP contribution in [0.2, 0.25) is 0 Å². The zero-order valence-electron chi connectivity index (χ0n) is 13.8. The maximum atomic E-state index is 12.2. The van der Waals surface area contributed by atoms with E-state index in [-0.39, 0.29) is 25.0 Å². The van der Waals surface area contributed by atoms with Gasteiger partial charge in [0.05, 0.1) is 17.7 Å². The van der Waals surface area contributed by atoms with Crippen molar-refractivity contribution in [3.8, 4) is 0 Å². The highest BCUT2D eigenvalue weighted by atomic mass is 16.5. The monoisotopic (exact) mass is 335 g/mol. The maximum Gasteiger partial charge on any atom is 0.330 e. The van der Waals surface area contributed by atoms with Crippen molar-refractivity contribution < 1.29 is 19.1 Å². The lowest BCUT2D eigenvalue weighted by atomic mass is 10.1. The molecule has 0 unspecified atom stereocenters. The fourth-order valence-corrected chi connectivity index (χ4v) is 2.57. The molecule has 0 saturated heterocycles. The molecule has 0 atom stereocenters. The van der Waals surface area contributed by atoms with Crippen molar-refractivity contribution in [3.05, 3.63) is 76.9 Å². The average molecular weight is 335 g/mol. The van der Waals surface area contributed by atoms with Crippen molar-refractivity contribution in [1.82, 2.24) is 4.90 Å². The molecule has 0 fully saturated rings. The van der Waals surface area contributed by atoms with E-state index in [0.29, 0.717) is 11.1 Å². The summed E-state index contributed by atoms with van der Waals surface area (Å²) in [6.07, 6.45) is 2.98. The van der Waals surface area contributed by atoms with Gasteiger partial charge in [-0.25, -0.2) is 4.79 Å². The first-order valence-electron chi connectivity index (χ1n) is 7.93. The molecule has 3 rings (SSSR count). The Hall–Kier alpha value is -3.21.